The van der Waals surface area contributed by atoms with Crippen LogP contribution in [0.15, 0.2) is 27.8 Å². The van der Waals surface area contributed by atoms with Crippen LogP contribution in [0.4, 0.5) is 0 Å². The van der Waals surface area contributed by atoms with Crippen molar-refractivity contribution >= 4 is 11.9 Å². The number of carbonyl (C=O) groups excluding carboxylic acids is 1. The van der Waals surface area contributed by atoms with E-state index in [1.54, 1.807) is 18.4 Å². The Balaban J connectivity index is 1.81. The number of furan rings is 1. The Bertz CT molecular complexity index is 532. The largest absolute Gasteiger partial charge is 0.459 e. The second kappa shape index (κ2) is 10.1. The van der Waals surface area contributed by atoms with Crippen molar-refractivity contribution in [3.8, 4) is 0 Å². The molecule has 0 unspecified atom stereocenters. The maximum absolute atomic E-state index is 12.3. The standard InChI is InChI=1S/C19H32N4O2/c1-4-20-19(21-10-6-5-8-16(2)3)23-13-11-22(12-14-23)18(24)17-9-7-15-25-17/h7,9,15-16H,4-6,8,10-14H2,1-3H3,(H,20,21). The van der Waals surface area contributed by atoms with Crippen LogP contribution in [0.2, 0.25) is 0 Å². The van der Waals surface area contributed by atoms with Crippen molar-refractivity contribution in [3.63, 3.8) is 0 Å². The first-order chi connectivity index (χ1) is 12.1. The lowest BCUT2D eigenvalue weighted by molar-refractivity contribution is 0.0657. The highest BCUT2D eigenvalue weighted by Gasteiger charge is 2.25. The molecular weight excluding hydrogens is 316 g/mol. The summed E-state index contributed by atoms with van der Waals surface area (Å²) in [6.45, 7) is 11.3. The normalized spacial score (nSPS) is 15.8. The molecule has 6 heteroatoms. The van der Waals surface area contributed by atoms with E-state index in [1.165, 1.54) is 12.8 Å². The van der Waals surface area contributed by atoms with Crippen molar-refractivity contribution in [1.29, 1.82) is 0 Å². The minimum absolute atomic E-state index is 0.0275. The van der Waals surface area contributed by atoms with Gasteiger partial charge in [-0.2, -0.15) is 0 Å². The lowest BCUT2D eigenvalue weighted by Gasteiger charge is -2.36. The van der Waals surface area contributed by atoms with Crippen LogP contribution in [0.5, 0.6) is 0 Å². The quantitative estimate of drug-likeness (QED) is 0.468. The van der Waals surface area contributed by atoms with Gasteiger partial charge in [-0.05, 0) is 31.4 Å². The third-order valence-electron chi connectivity index (χ3n) is 4.38. The number of rotatable bonds is 7. The number of hydrogen-bond acceptors (Lipinski definition) is 3. The minimum atomic E-state index is -0.0275. The first-order valence-electron chi connectivity index (χ1n) is 9.47. The molecule has 0 aliphatic carbocycles. The molecule has 25 heavy (non-hydrogen) atoms. The molecule has 1 aromatic rings. The minimum Gasteiger partial charge on any atom is -0.459 e. The van der Waals surface area contributed by atoms with E-state index in [-0.39, 0.29) is 5.91 Å². The number of nitrogens with zero attached hydrogens (tertiary/aromatic N) is 3. The van der Waals surface area contributed by atoms with E-state index in [0.717, 1.165) is 44.5 Å². The number of unbranched alkanes of at least 4 members (excludes halogenated alkanes) is 1. The lowest BCUT2D eigenvalue weighted by atomic mass is 10.1. The lowest BCUT2D eigenvalue weighted by Crippen LogP contribution is -2.53. The van der Waals surface area contributed by atoms with E-state index < -0.39 is 0 Å². The van der Waals surface area contributed by atoms with E-state index in [4.69, 9.17) is 9.41 Å². The van der Waals surface area contributed by atoms with Gasteiger partial charge in [-0.15, -0.1) is 0 Å². The Morgan fingerprint density at radius 1 is 1.24 bits per heavy atom. The first-order valence-corrected chi connectivity index (χ1v) is 9.47. The van der Waals surface area contributed by atoms with E-state index in [2.05, 4.69) is 31.0 Å². The summed E-state index contributed by atoms with van der Waals surface area (Å²) in [5, 5.41) is 3.38. The summed E-state index contributed by atoms with van der Waals surface area (Å²) in [6, 6.07) is 3.47. The Morgan fingerprint density at radius 3 is 2.56 bits per heavy atom. The molecule has 1 aromatic heterocycles. The Morgan fingerprint density at radius 2 is 1.96 bits per heavy atom. The van der Waals surface area contributed by atoms with E-state index >= 15 is 0 Å². The van der Waals surface area contributed by atoms with Crippen molar-refractivity contribution in [2.24, 2.45) is 10.9 Å². The van der Waals surface area contributed by atoms with Crippen molar-refractivity contribution in [2.45, 2.75) is 40.0 Å². The molecule has 2 heterocycles. The van der Waals surface area contributed by atoms with Gasteiger partial charge in [0.1, 0.15) is 0 Å². The zero-order valence-electron chi connectivity index (χ0n) is 15.8. The highest BCUT2D eigenvalue weighted by atomic mass is 16.3. The predicted octanol–water partition coefficient (Wildman–Crippen LogP) is 2.83. The molecule has 0 spiro atoms. The molecule has 2 rings (SSSR count). The number of carbonyl (C=O) groups is 1. The molecule has 0 saturated carbocycles. The fraction of sp³-hybridized carbons (Fsp3) is 0.684. The molecule has 0 atom stereocenters. The number of guanidine groups is 1. The summed E-state index contributed by atoms with van der Waals surface area (Å²) >= 11 is 0. The Kier molecular flexibility index (Phi) is 7.82. The predicted molar refractivity (Wildman–Crippen MR) is 101 cm³/mol. The smallest absolute Gasteiger partial charge is 0.289 e. The van der Waals surface area contributed by atoms with Crippen LogP contribution in [0, 0.1) is 5.92 Å². The molecule has 1 saturated heterocycles. The third-order valence-corrected chi connectivity index (χ3v) is 4.38. The molecule has 6 nitrogen and oxygen atoms in total. The van der Waals surface area contributed by atoms with Gasteiger partial charge in [0.2, 0.25) is 0 Å². The van der Waals surface area contributed by atoms with Gasteiger partial charge in [-0.25, -0.2) is 0 Å². The van der Waals surface area contributed by atoms with Crippen molar-refractivity contribution < 1.29 is 9.21 Å². The zero-order valence-corrected chi connectivity index (χ0v) is 15.8. The molecular formula is C19H32N4O2. The van der Waals surface area contributed by atoms with Crippen LogP contribution < -0.4 is 5.32 Å². The van der Waals surface area contributed by atoms with Gasteiger partial charge in [0.25, 0.3) is 5.91 Å². The molecule has 1 aliphatic rings. The van der Waals surface area contributed by atoms with E-state index in [1.807, 2.05) is 4.90 Å². The summed E-state index contributed by atoms with van der Waals surface area (Å²) in [6.07, 6.45) is 5.16. The van der Waals surface area contributed by atoms with E-state index in [0.29, 0.717) is 18.8 Å². The molecule has 0 bridgehead atoms. The van der Waals surface area contributed by atoms with Crippen LogP contribution >= 0.6 is 0 Å². The van der Waals surface area contributed by atoms with Gasteiger partial charge in [0.15, 0.2) is 11.7 Å². The Hall–Kier alpha value is -1.98. The first kappa shape index (κ1) is 19.3. The van der Waals surface area contributed by atoms with E-state index in [9.17, 15) is 4.79 Å². The average Bonchev–Trinajstić information content (AvgIpc) is 3.14. The summed E-state index contributed by atoms with van der Waals surface area (Å²) in [7, 11) is 0. The van der Waals surface area contributed by atoms with Crippen LogP contribution in [0.1, 0.15) is 50.6 Å². The topological polar surface area (TPSA) is 61.1 Å². The third kappa shape index (κ3) is 6.11. The second-order valence-electron chi connectivity index (χ2n) is 6.88. The molecule has 1 amide bonds. The highest BCUT2D eigenvalue weighted by molar-refractivity contribution is 5.91. The summed E-state index contributed by atoms with van der Waals surface area (Å²) in [5.41, 5.74) is 0. The highest BCUT2D eigenvalue weighted by Crippen LogP contribution is 2.10. The molecule has 0 aromatic carbocycles. The van der Waals surface area contributed by atoms with Crippen molar-refractivity contribution in [3.05, 3.63) is 24.2 Å². The van der Waals surface area contributed by atoms with Gasteiger partial charge in [-0.3, -0.25) is 9.79 Å². The number of nitrogens with one attached hydrogen (secondary N) is 1. The fourth-order valence-electron chi connectivity index (χ4n) is 2.95. The molecule has 1 N–H and O–H groups in total. The van der Waals surface area contributed by atoms with Crippen LogP contribution in [-0.4, -0.2) is 60.9 Å². The number of piperazine rings is 1. The maximum atomic E-state index is 12.3. The maximum Gasteiger partial charge on any atom is 0.289 e. The SMILES string of the molecule is CCNC(=NCCCCC(C)C)N1CCN(C(=O)c2ccco2)CC1. The average molecular weight is 348 g/mol. The molecule has 1 aliphatic heterocycles. The monoisotopic (exact) mass is 348 g/mol. The van der Waals surface area contributed by atoms with Crippen molar-refractivity contribution in [2.75, 3.05) is 39.3 Å². The zero-order chi connectivity index (χ0) is 18.1. The van der Waals surface area contributed by atoms with Gasteiger partial charge < -0.3 is 19.5 Å². The summed E-state index contributed by atoms with van der Waals surface area (Å²) in [5.74, 6) is 2.12. The second-order valence-corrected chi connectivity index (χ2v) is 6.88. The fourth-order valence-corrected chi connectivity index (χ4v) is 2.95. The number of aliphatic imine (C=N–C) groups is 1. The van der Waals surface area contributed by atoms with Crippen LogP contribution in [-0.2, 0) is 0 Å². The van der Waals surface area contributed by atoms with Crippen LogP contribution in [0.3, 0.4) is 0 Å². The van der Waals surface area contributed by atoms with Crippen molar-refractivity contribution in [1.82, 2.24) is 15.1 Å². The van der Waals surface area contributed by atoms with Gasteiger partial charge in [-0.1, -0.05) is 26.7 Å². The summed E-state index contributed by atoms with van der Waals surface area (Å²) in [4.78, 5) is 21.2. The summed E-state index contributed by atoms with van der Waals surface area (Å²) < 4.78 is 5.21. The van der Waals surface area contributed by atoms with Gasteiger partial charge in [0, 0.05) is 39.3 Å². The Labute approximate surface area is 151 Å². The number of amides is 1. The molecule has 0 radical (unpaired) electrons. The van der Waals surface area contributed by atoms with Gasteiger partial charge in [0.05, 0.1) is 6.26 Å². The van der Waals surface area contributed by atoms with Crippen LogP contribution in [0.25, 0.3) is 0 Å². The number of hydrogen-bond donors (Lipinski definition) is 1. The van der Waals surface area contributed by atoms with Gasteiger partial charge >= 0.3 is 0 Å². The molecule has 140 valence electrons. The molecule has 1 fully saturated rings.